The van der Waals surface area contributed by atoms with E-state index in [1.807, 2.05) is 37.3 Å². The molecule has 3 aromatic carbocycles. The van der Waals surface area contributed by atoms with E-state index in [2.05, 4.69) is 26.0 Å². The van der Waals surface area contributed by atoms with E-state index in [9.17, 15) is 22.0 Å². The van der Waals surface area contributed by atoms with Gasteiger partial charge in [-0.25, -0.2) is 17.2 Å². The molecule has 3 rings (SSSR count). The first-order valence-electron chi connectivity index (χ1n) is 9.28. The molecule has 0 saturated carbocycles. The second kappa shape index (κ2) is 9.57. The minimum absolute atomic E-state index is 0.0174. The first-order valence-corrected chi connectivity index (χ1v) is 11.6. The highest BCUT2D eigenvalue weighted by Gasteiger charge is 2.26. The summed E-state index contributed by atoms with van der Waals surface area (Å²) in [5, 5.41) is 2.77. The maximum absolute atomic E-state index is 14.0. The fourth-order valence-corrected chi connectivity index (χ4v) is 4.55. The summed E-state index contributed by atoms with van der Waals surface area (Å²) in [7, 11) is -4.62. The number of nitrogens with one attached hydrogen (secondary N) is 2. The molecule has 0 aromatic heterocycles. The molecule has 1 atom stereocenters. The first kappa shape index (κ1) is 22.9. The topological polar surface area (TPSA) is 75.3 Å². The van der Waals surface area contributed by atoms with E-state index in [0.717, 1.165) is 23.8 Å². The highest BCUT2D eigenvalue weighted by molar-refractivity contribution is 9.10. The Morgan fingerprint density at radius 1 is 1.00 bits per heavy atom. The quantitative estimate of drug-likeness (QED) is 0.468. The zero-order chi connectivity index (χ0) is 22.6. The van der Waals surface area contributed by atoms with Gasteiger partial charge < -0.3 is 5.32 Å². The fraction of sp³-hybridized carbons (Fsp3) is 0.136. The molecule has 0 fully saturated rings. The molecule has 31 heavy (non-hydrogen) atoms. The number of hydrogen-bond donors (Lipinski definition) is 2. The third kappa shape index (κ3) is 5.48. The number of halogens is 3. The summed E-state index contributed by atoms with van der Waals surface area (Å²) in [6.07, 6.45) is 0. The minimum atomic E-state index is -4.62. The van der Waals surface area contributed by atoms with Gasteiger partial charge in [-0.3, -0.25) is 9.52 Å². The third-order valence-corrected chi connectivity index (χ3v) is 6.50. The SMILES string of the molecule is C[C@@H](CNC(=O)c1ccc(Br)cc1NS(=O)(=O)c1c(F)cccc1F)c1ccccc1. The molecule has 0 aliphatic carbocycles. The van der Waals surface area contributed by atoms with Gasteiger partial charge in [0.15, 0.2) is 4.90 Å². The summed E-state index contributed by atoms with van der Waals surface area (Å²) in [6, 6.07) is 16.7. The predicted molar refractivity (Wildman–Crippen MR) is 118 cm³/mol. The van der Waals surface area contributed by atoms with Crippen LogP contribution in [0.3, 0.4) is 0 Å². The van der Waals surface area contributed by atoms with Crippen LogP contribution in [-0.4, -0.2) is 20.9 Å². The van der Waals surface area contributed by atoms with Gasteiger partial charge in [-0.2, -0.15) is 0 Å². The van der Waals surface area contributed by atoms with Gasteiger partial charge in [0.1, 0.15) is 11.6 Å². The molecule has 3 aromatic rings. The van der Waals surface area contributed by atoms with Crippen molar-refractivity contribution in [1.82, 2.24) is 5.32 Å². The molecule has 0 aliphatic heterocycles. The summed E-state index contributed by atoms with van der Waals surface area (Å²) in [5.74, 6) is -2.97. The van der Waals surface area contributed by atoms with Gasteiger partial charge in [0.05, 0.1) is 11.3 Å². The largest absolute Gasteiger partial charge is 0.351 e. The van der Waals surface area contributed by atoms with Crippen LogP contribution < -0.4 is 10.0 Å². The molecular weight excluding hydrogens is 490 g/mol. The van der Waals surface area contributed by atoms with Gasteiger partial charge in [0.25, 0.3) is 15.9 Å². The van der Waals surface area contributed by atoms with Crippen molar-refractivity contribution in [2.24, 2.45) is 0 Å². The number of anilines is 1. The summed E-state index contributed by atoms with van der Waals surface area (Å²) >= 11 is 3.22. The molecule has 162 valence electrons. The van der Waals surface area contributed by atoms with Crippen LogP contribution in [0.5, 0.6) is 0 Å². The molecule has 0 spiro atoms. The average molecular weight is 509 g/mol. The third-order valence-electron chi connectivity index (χ3n) is 4.60. The number of amides is 1. The lowest BCUT2D eigenvalue weighted by atomic mass is 10.0. The lowest BCUT2D eigenvalue weighted by Gasteiger charge is -2.16. The summed E-state index contributed by atoms with van der Waals surface area (Å²) in [4.78, 5) is 11.6. The molecule has 0 bridgehead atoms. The number of sulfonamides is 1. The Morgan fingerprint density at radius 2 is 1.65 bits per heavy atom. The van der Waals surface area contributed by atoms with E-state index >= 15 is 0 Å². The highest BCUT2D eigenvalue weighted by atomic mass is 79.9. The van der Waals surface area contributed by atoms with Crippen LogP contribution in [0.15, 0.2) is 76.1 Å². The monoisotopic (exact) mass is 508 g/mol. The van der Waals surface area contributed by atoms with E-state index in [1.54, 1.807) is 6.07 Å². The zero-order valence-corrected chi connectivity index (χ0v) is 18.8. The number of benzene rings is 3. The number of carbonyl (C=O) groups excluding carboxylic acids is 1. The number of hydrogen-bond acceptors (Lipinski definition) is 3. The minimum Gasteiger partial charge on any atom is -0.351 e. The van der Waals surface area contributed by atoms with Crippen molar-refractivity contribution >= 4 is 37.5 Å². The van der Waals surface area contributed by atoms with Crippen molar-refractivity contribution < 1.29 is 22.0 Å². The molecule has 0 aliphatic rings. The van der Waals surface area contributed by atoms with Gasteiger partial charge in [-0.1, -0.05) is 59.3 Å². The van der Waals surface area contributed by atoms with Crippen LogP contribution in [0.4, 0.5) is 14.5 Å². The Balaban J connectivity index is 1.84. The average Bonchev–Trinajstić information content (AvgIpc) is 2.72. The smallest absolute Gasteiger partial charge is 0.267 e. The Hall–Kier alpha value is -2.78. The van der Waals surface area contributed by atoms with E-state index in [1.165, 1.54) is 12.1 Å². The Morgan fingerprint density at radius 3 is 2.29 bits per heavy atom. The van der Waals surface area contributed by atoms with Crippen molar-refractivity contribution in [2.45, 2.75) is 17.7 Å². The van der Waals surface area contributed by atoms with Gasteiger partial charge >= 0.3 is 0 Å². The van der Waals surface area contributed by atoms with Gasteiger partial charge in [0, 0.05) is 11.0 Å². The molecule has 0 radical (unpaired) electrons. The zero-order valence-electron chi connectivity index (χ0n) is 16.4. The van der Waals surface area contributed by atoms with Crippen LogP contribution in [0.25, 0.3) is 0 Å². The predicted octanol–water partition coefficient (Wildman–Crippen LogP) is 5.06. The fourth-order valence-electron chi connectivity index (χ4n) is 2.97. The van der Waals surface area contributed by atoms with E-state index in [-0.39, 0.29) is 17.2 Å². The normalized spacial score (nSPS) is 12.3. The van der Waals surface area contributed by atoms with E-state index in [0.29, 0.717) is 11.0 Å². The van der Waals surface area contributed by atoms with Gasteiger partial charge in [-0.15, -0.1) is 0 Å². The van der Waals surface area contributed by atoms with E-state index in [4.69, 9.17) is 0 Å². The second-order valence-corrected chi connectivity index (χ2v) is 9.40. The maximum atomic E-state index is 14.0. The molecule has 0 heterocycles. The number of carbonyl (C=O) groups is 1. The highest BCUT2D eigenvalue weighted by Crippen LogP contribution is 2.27. The van der Waals surface area contributed by atoms with Gasteiger partial charge in [0.2, 0.25) is 0 Å². The van der Waals surface area contributed by atoms with Gasteiger partial charge in [-0.05, 0) is 41.8 Å². The Bertz CT molecular complexity index is 1180. The van der Waals surface area contributed by atoms with Crippen LogP contribution in [0.2, 0.25) is 0 Å². The van der Waals surface area contributed by atoms with Crippen LogP contribution in [0.1, 0.15) is 28.8 Å². The summed E-state index contributed by atoms with van der Waals surface area (Å²) in [5.41, 5.74) is 0.945. The Labute approximate surface area is 187 Å². The first-order chi connectivity index (χ1) is 14.7. The molecule has 0 unspecified atom stereocenters. The summed E-state index contributed by atoms with van der Waals surface area (Å²) < 4.78 is 55.9. The molecule has 9 heteroatoms. The van der Waals surface area contributed by atoms with Crippen molar-refractivity contribution in [2.75, 3.05) is 11.3 Å². The molecule has 2 N–H and O–H groups in total. The molecule has 0 saturated heterocycles. The molecule has 5 nitrogen and oxygen atoms in total. The second-order valence-electron chi connectivity index (χ2n) is 6.87. The van der Waals surface area contributed by atoms with Crippen molar-refractivity contribution in [3.63, 3.8) is 0 Å². The van der Waals surface area contributed by atoms with Crippen LogP contribution in [-0.2, 0) is 10.0 Å². The van der Waals surface area contributed by atoms with Crippen molar-refractivity contribution in [3.05, 3.63) is 94.0 Å². The van der Waals surface area contributed by atoms with Crippen molar-refractivity contribution in [1.29, 1.82) is 0 Å². The van der Waals surface area contributed by atoms with E-state index < -0.39 is 32.5 Å². The number of rotatable bonds is 7. The van der Waals surface area contributed by atoms with Crippen molar-refractivity contribution in [3.8, 4) is 0 Å². The lowest BCUT2D eigenvalue weighted by molar-refractivity contribution is 0.0952. The molecular formula is C22H19BrF2N2O3S. The standard InChI is InChI=1S/C22H19BrF2N2O3S/c1-14(15-6-3-2-4-7-15)13-26-22(28)17-11-10-16(23)12-20(17)27-31(29,30)21-18(24)8-5-9-19(21)25/h2-12,14,27H,13H2,1H3,(H,26,28)/t14-/m0/s1. The maximum Gasteiger partial charge on any atom is 0.267 e. The van der Waals surface area contributed by atoms with Crippen LogP contribution in [0, 0.1) is 11.6 Å². The molecule has 1 amide bonds. The lowest BCUT2D eigenvalue weighted by Crippen LogP contribution is -2.29. The summed E-state index contributed by atoms with van der Waals surface area (Å²) in [6.45, 7) is 2.26. The van der Waals surface area contributed by atoms with Crippen LogP contribution >= 0.6 is 15.9 Å². The Kier molecular flexibility index (Phi) is 7.07.